The largest absolute Gasteiger partial charge is 5.00 e. The molecular formula is C47H24F15FeN6. The van der Waals surface area contributed by atoms with Gasteiger partial charge in [-0.15, -0.1) is 47.8 Å². The molecule has 22 heteroatoms. The summed E-state index contributed by atoms with van der Waals surface area (Å²) in [5.41, 5.74) is -13.0. The van der Waals surface area contributed by atoms with Gasteiger partial charge in [-0.25, -0.2) is 70.8 Å². The first-order valence-electron chi connectivity index (χ1n) is 19.9. The number of rotatable bonds is 3. The number of hydrogen-bond acceptors (Lipinski definition) is 1. The standard InChI is InChI=1S/C37H8F15N4.C5H10N.C5H6N.Fe/c38-23-20(24(39)30(45)35(50)29(23)44)17-11-3-1-9(53-11)10-2-4-12(54-10)18(21-25(40)31(46)36(51)32(47)26(21)41)14-6-8-16(56-14)19(15-7-5-13(17)55-15)22-27(42)33(48)37(52)34(49)28(22)43;2*1-2-4-6-5-3-1;/h1-8H;1-5H2;1-4H,5H2;/q-3;2*-1;+5. The molecule has 0 aliphatic carbocycles. The molecule has 3 aliphatic rings. The van der Waals surface area contributed by atoms with Gasteiger partial charge in [-0.3, -0.25) is 0 Å². The van der Waals surface area contributed by atoms with Gasteiger partial charge in [0.05, 0.1) is 28.1 Å². The predicted molar refractivity (Wildman–Crippen MR) is 221 cm³/mol. The van der Waals surface area contributed by atoms with Gasteiger partial charge < -0.3 is 25.6 Å². The van der Waals surface area contributed by atoms with Crippen molar-refractivity contribution in [1.29, 1.82) is 0 Å². The van der Waals surface area contributed by atoms with E-state index in [9.17, 15) is 39.5 Å². The van der Waals surface area contributed by atoms with Crippen LogP contribution >= 0.6 is 0 Å². The van der Waals surface area contributed by atoms with E-state index in [1.54, 1.807) is 6.20 Å². The topological polar surface area (TPSA) is 83.4 Å². The third kappa shape index (κ3) is 9.10. The molecule has 10 rings (SSSR count). The molecule has 7 aromatic rings. The number of allylic oxidation sites excluding steroid dienone is 2. The molecule has 0 N–H and O–H groups in total. The summed E-state index contributed by atoms with van der Waals surface area (Å²) in [5, 5.41) is 8.09. The molecule has 0 unspecified atom stereocenters. The van der Waals surface area contributed by atoms with Crippen molar-refractivity contribution in [2.75, 3.05) is 19.6 Å². The Morgan fingerprint density at radius 1 is 0.348 bits per heavy atom. The van der Waals surface area contributed by atoms with Crippen LogP contribution in [0.15, 0.2) is 60.8 Å². The Bertz CT molecular complexity index is 3280. The van der Waals surface area contributed by atoms with E-state index in [-0.39, 0.29) is 28.1 Å². The Hall–Kier alpha value is -6.90. The summed E-state index contributed by atoms with van der Waals surface area (Å²) in [5.74, 6) is -37.0. The normalized spacial score (nSPS) is 13.4. The second kappa shape index (κ2) is 20.4. The van der Waals surface area contributed by atoms with Gasteiger partial charge in [0, 0.05) is 0 Å². The SMILES string of the molecule is C1=CC[N-]C=C1.C1CC[N-]CC1.Fc1c(F)c(F)c(-c2c3nc(c(-c4c(F)c(F)c(F)c(F)c4F)c4ccc([n-]4)c4ccc([n-]4)c(-c4c(F)c(F)c(F)c(F)c4F)c4ccc2[n-]4)C=C3)c(F)c1F.[Fe+5]. The van der Waals surface area contributed by atoms with Gasteiger partial charge in [0.25, 0.3) is 0 Å². The first kappa shape index (κ1) is 50.0. The van der Waals surface area contributed by atoms with Crippen molar-refractivity contribution in [1.82, 2.24) is 19.9 Å². The number of fused-ring (bicyclic) bond motifs is 9. The third-order valence-corrected chi connectivity index (χ3v) is 10.5. The molecule has 0 saturated carbocycles. The summed E-state index contributed by atoms with van der Waals surface area (Å²) in [6.45, 7) is 3.11. The molecule has 1 fully saturated rings. The molecule has 1 radical (unpaired) electrons. The minimum absolute atomic E-state index is 0. The second-order valence-corrected chi connectivity index (χ2v) is 14.7. The van der Waals surface area contributed by atoms with E-state index in [2.05, 4.69) is 30.6 Å². The Labute approximate surface area is 389 Å². The van der Waals surface area contributed by atoms with Crippen molar-refractivity contribution >= 4 is 45.3 Å². The molecule has 8 bridgehead atoms. The van der Waals surface area contributed by atoms with Crippen molar-refractivity contribution < 1.29 is 82.9 Å². The van der Waals surface area contributed by atoms with Crippen molar-refractivity contribution in [2.24, 2.45) is 0 Å². The maximum absolute atomic E-state index is 15.5. The summed E-state index contributed by atoms with van der Waals surface area (Å²) in [7, 11) is 0. The number of nitrogens with zero attached hydrogens (tertiary/aromatic N) is 6. The van der Waals surface area contributed by atoms with Crippen molar-refractivity contribution in [3.05, 3.63) is 170 Å². The van der Waals surface area contributed by atoms with Crippen LogP contribution in [-0.2, 0) is 17.1 Å². The molecule has 1 saturated heterocycles. The number of halogens is 15. The fraction of sp³-hybridized carbons (Fsp3) is 0.128. The maximum atomic E-state index is 15.5. The van der Waals surface area contributed by atoms with Crippen LogP contribution < -0.4 is 15.0 Å². The maximum Gasteiger partial charge on any atom is 5.00 e. The smallest absolute Gasteiger partial charge is 0.687 e. The Balaban J connectivity index is 0.000000472. The van der Waals surface area contributed by atoms with Gasteiger partial charge in [0.2, 0.25) is 17.5 Å². The molecule has 3 aromatic carbocycles. The number of aromatic nitrogens is 4. The zero-order valence-electron chi connectivity index (χ0n) is 34.4. The average Bonchev–Trinajstić information content (AvgIpc) is 4.22. The summed E-state index contributed by atoms with van der Waals surface area (Å²) in [6, 6.07) is 5.64. The van der Waals surface area contributed by atoms with Crippen LogP contribution in [0.2, 0.25) is 0 Å². The summed E-state index contributed by atoms with van der Waals surface area (Å²) in [4.78, 5) is 16.3. The fourth-order valence-electron chi connectivity index (χ4n) is 7.31. The quantitative estimate of drug-likeness (QED) is 0.0764. The van der Waals surface area contributed by atoms with E-state index in [4.69, 9.17) is 0 Å². The summed E-state index contributed by atoms with van der Waals surface area (Å²) < 4.78 is 223. The van der Waals surface area contributed by atoms with Gasteiger partial charge in [0.15, 0.2) is 69.8 Å². The van der Waals surface area contributed by atoms with Crippen LogP contribution in [0.1, 0.15) is 30.7 Å². The molecule has 3 aliphatic heterocycles. The molecular weight excluding hydrogens is 989 g/mol. The molecule has 69 heavy (non-hydrogen) atoms. The molecule has 6 nitrogen and oxygen atoms in total. The Morgan fingerprint density at radius 3 is 0.942 bits per heavy atom. The number of benzene rings is 3. The van der Waals surface area contributed by atoms with E-state index in [1.165, 1.54) is 19.3 Å². The van der Waals surface area contributed by atoms with Crippen molar-refractivity contribution in [3.63, 3.8) is 0 Å². The van der Waals surface area contributed by atoms with Crippen molar-refractivity contribution in [3.8, 4) is 33.4 Å². The van der Waals surface area contributed by atoms with E-state index >= 15 is 26.3 Å². The Morgan fingerprint density at radius 2 is 0.667 bits per heavy atom. The zero-order chi connectivity index (χ0) is 48.7. The number of piperidine rings is 1. The minimum Gasteiger partial charge on any atom is -0.687 e. The van der Waals surface area contributed by atoms with Crippen LogP contribution in [-0.4, -0.2) is 24.6 Å². The van der Waals surface area contributed by atoms with Gasteiger partial charge in [-0.1, -0.05) is 67.8 Å². The fourth-order valence-corrected chi connectivity index (χ4v) is 7.31. The van der Waals surface area contributed by atoms with Gasteiger partial charge in [-0.05, 0) is 28.8 Å². The van der Waals surface area contributed by atoms with E-state index in [0.717, 1.165) is 68.2 Å². The van der Waals surface area contributed by atoms with E-state index < -0.39 is 154 Å². The first-order chi connectivity index (χ1) is 32.5. The minimum atomic E-state index is -2.62. The van der Waals surface area contributed by atoms with Gasteiger partial charge in [-0.2, -0.15) is 17.2 Å². The van der Waals surface area contributed by atoms with Crippen LogP contribution in [0, 0.1) is 87.3 Å². The van der Waals surface area contributed by atoms with Gasteiger partial charge >= 0.3 is 17.1 Å². The van der Waals surface area contributed by atoms with Crippen molar-refractivity contribution in [2.45, 2.75) is 19.3 Å². The van der Waals surface area contributed by atoms with Crippen LogP contribution in [0.25, 0.3) is 89.3 Å². The predicted octanol–water partition coefficient (Wildman–Crippen LogP) is 13.7. The third-order valence-electron chi connectivity index (χ3n) is 10.5. The van der Waals surface area contributed by atoms with Gasteiger partial charge in [0.1, 0.15) is 0 Å². The molecule has 4 aromatic heterocycles. The summed E-state index contributed by atoms with van der Waals surface area (Å²) >= 11 is 0. The van der Waals surface area contributed by atoms with E-state index in [1.807, 2.05) is 18.2 Å². The average molecular weight is 1010 g/mol. The zero-order valence-corrected chi connectivity index (χ0v) is 35.5. The van der Waals surface area contributed by atoms with E-state index in [0.29, 0.717) is 0 Å². The Kier molecular flexibility index (Phi) is 14.8. The first-order valence-corrected chi connectivity index (χ1v) is 19.9. The number of hydrogen-bond donors (Lipinski definition) is 0. The summed E-state index contributed by atoms with van der Waals surface area (Å²) in [6.07, 6.45) is 13.4. The van der Waals surface area contributed by atoms with Crippen LogP contribution in [0.4, 0.5) is 65.9 Å². The second-order valence-electron chi connectivity index (χ2n) is 14.7. The molecule has 0 amide bonds. The molecule has 0 atom stereocenters. The monoisotopic (exact) mass is 1010 g/mol. The molecule has 7 heterocycles. The molecule has 355 valence electrons. The molecule has 0 spiro atoms. The van der Waals surface area contributed by atoms with Crippen LogP contribution in [0.5, 0.6) is 0 Å². The van der Waals surface area contributed by atoms with Crippen LogP contribution in [0.3, 0.4) is 0 Å².